The summed E-state index contributed by atoms with van der Waals surface area (Å²) < 4.78 is 0. The van der Waals surface area contributed by atoms with Crippen LogP contribution in [0, 0.1) is 12.3 Å². The highest BCUT2D eigenvalue weighted by molar-refractivity contribution is 5.82. The van der Waals surface area contributed by atoms with Crippen molar-refractivity contribution in [2.24, 2.45) is 0 Å². The zero-order chi connectivity index (χ0) is 12.0. The first-order valence-electron chi connectivity index (χ1n) is 5.37. The van der Waals surface area contributed by atoms with Crippen LogP contribution in [-0.4, -0.2) is 41.1 Å². The minimum Gasteiger partial charge on any atom is -0.480 e. The Bertz CT molecular complexity index is 309. The van der Waals surface area contributed by atoms with Gasteiger partial charge in [-0.15, -0.1) is 12.3 Å². The molecule has 0 aromatic carbocycles. The molecule has 1 saturated heterocycles. The molecule has 1 unspecified atom stereocenters. The van der Waals surface area contributed by atoms with Gasteiger partial charge in [-0.2, -0.15) is 0 Å². The van der Waals surface area contributed by atoms with E-state index in [4.69, 9.17) is 11.5 Å². The molecule has 0 bridgehead atoms. The van der Waals surface area contributed by atoms with Crippen LogP contribution in [0.4, 0.5) is 4.79 Å². The first-order valence-corrected chi connectivity index (χ1v) is 5.37. The van der Waals surface area contributed by atoms with E-state index < -0.39 is 12.0 Å². The second kappa shape index (κ2) is 6.01. The molecule has 0 spiro atoms. The van der Waals surface area contributed by atoms with Crippen molar-refractivity contribution in [3.8, 4) is 12.3 Å². The summed E-state index contributed by atoms with van der Waals surface area (Å²) in [5.74, 6) is 1.47. The third-order valence-corrected chi connectivity index (χ3v) is 2.59. The third-order valence-electron chi connectivity index (χ3n) is 2.59. The monoisotopic (exact) mass is 224 g/mol. The van der Waals surface area contributed by atoms with Gasteiger partial charge < -0.3 is 15.3 Å². The molecule has 1 atom stereocenters. The number of carboxylic acids is 1. The van der Waals surface area contributed by atoms with Crippen molar-refractivity contribution in [3.05, 3.63) is 0 Å². The number of urea groups is 1. The first kappa shape index (κ1) is 12.4. The number of carboxylic acid groups (broad SMARTS) is 1. The van der Waals surface area contributed by atoms with Crippen LogP contribution < -0.4 is 5.32 Å². The van der Waals surface area contributed by atoms with E-state index in [0.717, 1.165) is 12.8 Å². The molecule has 1 aliphatic heterocycles. The lowest BCUT2D eigenvalue weighted by molar-refractivity contribution is -0.143. The zero-order valence-electron chi connectivity index (χ0n) is 9.11. The van der Waals surface area contributed by atoms with Gasteiger partial charge in [0, 0.05) is 19.5 Å². The molecule has 0 saturated carbocycles. The Morgan fingerprint density at radius 2 is 2.25 bits per heavy atom. The fraction of sp³-hybridized carbons (Fsp3) is 0.636. The largest absolute Gasteiger partial charge is 0.480 e. The standard InChI is InChI=1S/C11H16N2O3/c1-2-3-7-12-11(16)13-8-5-4-6-9(13)10(14)15/h1,9H,3-8H2,(H,12,16)(H,14,15). The molecule has 0 radical (unpaired) electrons. The van der Waals surface area contributed by atoms with E-state index in [0.29, 0.717) is 25.9 Å². The van der Waals surface area contributed by atoms with Crippen molar-refractivity contribution in [2.45, 2.75) is 31.7 Å². The van der Waals surface area contributed by atoms with Crippen molar-refractivity contribution >= 4 is 12.0 Å². The number of terminal acetylenes is 1. The predicted molar refractivity (Wildman–Crippen MR) is 58.8 cm³/mol. The normalized spacial score (nSPS) is 19.9. The van der Waals surface area contributed by atoms with Crippen LogP contribution in [0.25, 0.3) is 0 Å². The zero-order valence-corrected chi connectivity index (χ0v) is 9.11. The number of hydrogen-bond donors (Lipinski definition) is 2. The van der Waals surface area contributed by atoms with E-state index in [1.807, 2.05) is 0 Å². The Morgan fingerprint density at radius 1 is 1.50 bits per heavy atom. The van der Waals surface area contributed by atoms with Crippen LogP contribution in [-0.2, 0) is 4.79 Å². The van der Waals surface area contributed by atoms with Crippen LogP contribution in [0.15, 0.2) is 0 Å². The molecular formula is C11H16N2O3. The minimum atomic E-state index is -0.938. The molecule has 88 valence electrons. The maximum absolute atomic E-state index is 11.7. The van der Waals surface area contributed by atoms with E-state index >= 15 is 0 Å². The van der Waals surface area contributed by atoms with Crippen molar-refractivity contribution in [1.29, 1.82) is 0 Å². The van der Waals surface area contributed by atoms with Gasteiger partial charge in [-0.3, -0.25) is 0 Å². The molecule has 1 rings (SSSR count). The number of amides is 2. The fourth-order valence-electron chi connectivity index (χ4n) is 1.77. The van der Waals surface area contributed by atoms with Crippen molar-refractivity contribution in [2.75, 3.05) is 13.1 Å². The summed E-state index contributed by atoms with van der Waals surface area (Å²) in [6.07, 6.45) is 7.75. The van der Waals surface area contributed by atoms with Crippen LogP contribution in [0.5, 0.6) is 0 Å². The number of rotatable bonds is 3. The summed E-state index contributed by atoms with van der Waals surface area (Å²) in [7, 11) is 0. The SMILES string of the molecule is C#CCCNC(=O)N1CCCCC1C(=O)O. The summed E-state index contributed by atoms with van der Waals surface area (Å²) in [5.41, 5.74) is 0. The number of hydrogen-bond acceptors (Lipinski definition) is 2. The van der Waals surface area contributed by atoms with Gasteiger partial charge in [0.15, 0.2) is 0 Å². The van der Waals surface area contributed by atoms with Crippen LogP contribution in [0.2, 0.25) is 0 Å². The second-order valence-electron chi connectivity index (χ2n) is 3.73. The molecule has 16 heavy (non-hydrogen) atoms. The van der Waals surface area contributed by atoms with Crippen molar-refractivity contribution in [3.63, 3.8) is 0 Å². The maximum atomic E-state index is 11.7. The average molecular weight is 224 g/mol. The smallest absolute Gasteiger partial charge is 0.326 e. The Kier molecular flexibility index (Phi) is 4.65. The first-order chi connectivity index (χ1) is 7.66. The summed E-state index contributed by atoms with van der Waals surface area (Å²) in [6.45, 7) is 0.886. The highest BCUT2D eigenvalue weighted by Gasteiger charge is 2.31. The maximum Gasteiger partial charge on any atom is 0.326 e. The van der Waals surface area contributed by atoms with Gasteiger partial charge in [0.25, 0.3) is 0 Å². The van der Waals surface area contributed by atoms with Gasteiger partial charge in [0.05, 0.1) is 0 Å². The Balaban J connectivity index is 2.51. The second-order valence-corrected chi connectivity index (χ2v) is 3.73. The van der Waals surface area contributed by atoms with Gasteiger partial charge in [-0.05, 0) is 19.3 Å². The quantitative estimate of drug-likeness (QED) is 0.546. The molecule has 0 aromatic rings. The Morgan fingerprint density at radius 3 is 2.88 bits per heavy atom. The molecule has 5 heteroatoms. The molecule has 0 aromatic heterocycles. The highest BCUT2D eigenvalue weighted by atomic mass is 16.4. The van der Waals surface area contributed by atoms with E-state index in [-0.39, 0.29) is 6.03 Å². The number of aliphatic carboxylic acids is 1. The van der Waals surface area contributed by atoms with Gasteiger partial charge in [0.1, 0.15) is 6.04 Å². The average Bonchev–Trinajstić information content (AvgIpc) is 2.29. The van der Waals surface area contributed by atoms with Gasteiger partial charge in [0.2, 0.25) is 0 Å². The minimum absolute atomic E-state index is 0.331. The summed E-state index contributed by atoms with van der Waals surface area (Å²) in [5, 5.41) is 11.6. The molecule has 1 heterocycles. The van der Waals surface area contributed by atoms with Crippen molar-refractivity contribution in [1.82, 2.24) is 10.2 Å². The van der Waals surface area contributed by atoms with E-state index in [2.05, 4.69) is 11.2 Å². The van der Waals surface area contributed by atoms with Gasteiger partial charge in [-0.25, -0.2) is 9.59 Å². The number of carbonyl (C=O) groups is 2. The van der Waals surface area contributed by atoms with E-state index in [9.17, 15) is 9.59 Å². The number of piperidine rings is 1. The molecule has 1 aliphatic rings. The summed E-state index contributed by atoms with van der Waals surface area (Å²) in [6, 6.07) is -1.03. The number of nitrogens with zero attached hydrogens (tertiary/aromatic N) is 1. The molecule has 2 N–H and O–H groups in total. The van der Waals surface area contributed by atoms with Crippen LogP contribution in [0.1, 0.15) is 25.7 Å². The fourth-order valence-corrected chi connectivity index (χ4v) is 1.77. The molecule has 1 fully saturated rings. The Hall–Kier alpha value is -1.70. The van der Waals surface area contributed by atoms with Gasteiger partial charge in [-0.1, -0.05) is 0 Å². The lowest BCUT2D eigenvalue weighted by Gasteiger charge is -2.32. The topological polar surface area (TPSA) is 69.6 Å². The highest BCUT2D eigenvalue weighted by Crippen LogP contribution is 2.17. The molecule has 5 nitrogen and oxygen atoms in total. The molecular weight excluding hydrogens is 208 g/mol. The van der Waals surface area contributed by atoms with E-state index in [1.54, 1.807) is 0 Å². The number of likely N-dealkylation sites (tertiary alicyclic amines) is 1. The predicted octanol–water partition coefficient (Wildman–Crippen LogP) is 0.658. The molecule has 0 aliphatic carbocycles. The Labute approximate surface area is 94.8 Å². The van der Waals surface area contributed by atoms with Crippen molar-refractivity contribution < 1.29 is 14.7 Å². The van der Waals surface area contributed by atoms with Crippen LogP contribution >= 0.6 is 0 Å². The summed E-state index contributed by atoms with van der Waals surface area (Å²) >= 11 is 0. The van der Waals surface area contributed by atoms with E-state index in [1.165, 1.54) is 4.90 Å². The lowest BCUT2D eigenvalue weighted by atomic mass is 10.0. The summed E-state index contributed by atoms with van der Waals surface area (Å²) in [4.78, 5) is 24.0. The number of nitrogens with one attached hydrogen (secondary N) is 1. The van der Waals surface area contributed by atoms with Gasteiger partial charge >= 0.3 is 12.0 Å². The third kappa shape index (κ3) is 3.16. The molecule has 2 amide bonds. The number of carbonyl (C=O) groups excluding carboxylic acids is 1. The lowest BCUT2D eigenvalue weighted by Crippen LogP contribution is -2.52. The van der Waals surface area contributed by atoms with Crippen LogP contribution in [0.3, 0.4) is 0 Å².